The van der Waals surface area contributed by atoms with E-state index in [9.17, 15) is 4.39 Å². The Morgan fingerprint density at radius 2 is 1.90 bits per heavy atom. The van der Waals surface area contributed by atoms with E-state index >= 15 is 0 Å². The third-order valence-electron chi connectivity index (χ3n) is 2.76. The van der Waals surface area contributed by atoms with Gasteiger partial charge in [-0.15, -0.1) is 0 Å². The maximum absolute atomic E-state index is 13.6. The highest BCUT2D eigenvalue weighted by atomic mass is 19.1. The van der Waals surface area contributed by atoms with Crippen LogP contribution in [-0.2, 0) is 27.4 Å². The van der Waals surface area contributed by atoms with Gasteiger partial charge in [0.25, 0.3) is 0 Å². The molecule has 0 aromatic heterocycles. The molecule has 0 unspecified atom stereocenters. The predicted octanol–water partition coefficient (Wildman–Crippen LogP) is 2.11. The van der Waals surface area contributed by atoms with Crippen LogP contribution >= 0.6 is 0 Å². The molecule has 0 radical (unpaired) electrons. The summed E-state index contributed by atoms with van der Waals surface area (Å²) in [7, 11) is 3.53. The lowest BCUT2D eigenvalue weighted by atomic mass is 10.1. The van der Waals surface area contributed by atoms with Crippen LogP contribution in [0.5, 0.6) is 0 Å². The summed E-state index contributed by atoms with van der Waals surface area (Å²) in [5, 5.41) is 3.04. The van der Waals surface area contributed by atoms with Crippen LogP contribution in [0.25, 0.3) is 0 Å². The molecule has 0 saturated carbocycles. The van der Waals surface area contributed by atoms with Crippen molar-refractivity contribution >= 4 is 0 Å². The maximum atomic E-state index is 13.6. The fourth-order valence-corrected chi connectivity index (χ4v) is 1.76. The van der Waals surface area contributed by atoms with E-state index in [0.29, 0.717) is 32.0 Å². The van der Waals surface area contributed by atoms with Gasteiger partial charge >= 0.3 is 0 Å². The summed E-state index contributed by atoms with van der Waals surface area (Å²) in [5.74, 6) is -0.231. The number of benzene rings is 1. The van der Waals surface area contributed by atoms with Gasteiger partial charge in [-0.1, -0.05) is 6.07 Å². The monoisotopic (exact) mass is 285 g/mol. The standard InChI is InChI=1S/C15H24FNO3/c1-17-11-13-4-5-15(16)14(10-13)12-20-9-8-19-7-3-6-18-2/h4-5,10,17H,3,6-9,11-12H2,1-2H3. The molecule has 114 valence electrons. The van der Waals surface area contributed by atoms with Gasteiger partial charge in [0, 0.05) is 32.4 Å². The molecular formula is C15H24FNO3. The van der Waals surface area contributed by atoms with Crippen LogP contribution in [0.3, 0.4) is 0 Å². The Bertz CT molecular complexity index is 374. The number of nitrogens with one attached hydrogen (secondary N) is 1. The van der Waals surface area contributed by atoms with Crippen molar-refractivity contribution in [1.29, 1.82) is 0 Å². The SMILES string of the molecule is CNCc1ccc(F)c(COCCOCCCOC)c1. The van der Waals surface area contributed by atoms with Crippen molar-refractivity contribution in [2.45, 2.75) is 19.6 Å². The Labute approximate surface area is 120 Å². The second-order valence-electron chi connectivity index (χ2n) is 4.47. The quantitative estimate of drug-likeness (QED) is 0.632. The van der Waals surface area contributed by atoms with Gasteiger partial charge in [-0.25, -0.2) is 4.39 Å². The van der Waals surface area contributed by atoms with Crippen molar-refractivity contribution in [3.63, 3.8) is 0 Å². The van der Waals surface area contributed by atoms with E-state index in [1.807, 2.05) is 13.1 Å². The fraction of sp³-hybridized carbons (Fsp3) is 0.600. The van der Waals surface area contributed by atoms with Crippen molar-refractivity contribution in [2.75, 3.05) is 40.6 Å². The summed E-state index contributed by atoms with van der Waals surface area (Å²) in [6.45, 7) is 3.32. The zero-order valence-electron chi connectivity index (χ0n) is 12.3. The topological polar surface area (TPSA) is 39.7 Å². The van der Waals surface area contributed by atoms with Crippen molar-refractivity contribution < 1.29 is 18.6 Å². The van der Waals surface area contributed by atoms with Gasteiger partial charge in [0.15, 0.2) is 0 Å². The van der Waals surface area contributed by atoms with Gasteiger partial charge in [0.2, 0.25) is 0 Å². The number of hydrogen-bond donors (Lipinski definition) is 1. The molecule has 20 heavy (non-hydrogen) atoms. The number of hydrogen-bond acceptors (Lipinski definition) is 4. The smallest absolute Gasteiger partial charge is 0.128 e. The van der Waals surface area contributed by atoms with E-state index in [2.05, 4.69) is 5.32 Å². The molecule has 5 heteroatoms. The molecule has 1 aromatic rings. The fourth-order valence-electron chi connectivity index (χ4n) is 1.76. The molecule has 0 aliphatic heterocycles. The summed E-state index contributed by atoms with van der Waals surface area (Å²) < 4.78 is 29.3. The van der Waals surface area contributed by atoms with Crippen LogP contribution in [-0.4, -0.2) is 40.6 Å². The molecule has 0 bridgehead atoms. The molecule has 1 N–H and O–H groups in total. The van der Waals surface area contributed by atoms with Crippen molar-refractivity contribution in [1.82, 2.24) is 5.32 Å². The molecule has 4 nitrogen and oxygen atoms in total. The Kier molecular flexibility index (Phi) is 9.15. The normalized spacial score (nSPS) is 10.9. The van der Waals surface area contributed by atoms with Gasteiger partial charge in [0.05, 0.1) is 19.8 Å². The predicted molar refractivity (Wildman–Crippen MR) is 76.1 cm³/mol. The lowest BCUT2D eigenvalue weighted by Crippen LogP contribution is -2.08. The minimum atomic E-state index is -0.231. The van der Waals surface area contributed by atoms with Crippen LogP contribution in [0.1, 0.15) is 17.5 Å². The average molecular weight is 285 g/mol. The summed E-state index contributed by atoms with van der Waals surface area (Å²) >= 11 is 0. The van der Waals surface area contributed by atoms with Gasteiger partial charge in [-0.05, 0) is 31.2 Å². The maximum Gasteiger partial charge on any atom is 0.128 e. The lowest BCUT2D eigenvalue weighted by Gasteiger charge is -2.08. The molecule has 0 heterocycles. The Hall–Kier alpha value is -1.01. The van der Waals surface area contributed by atoms with Crippen LogP contribution < -0.4 is 5.32 Å². The van der Waals surface area contributed by atoms with E-state index in [-0.39, 0.29) is 12.4 Å². The summed E-state index contributed by atoms with van der Waals surface area (Å²) in [6.07, 6.45) is 0.872. The molecule has 1 aromatic carbocycles. The van der Waals surface area contributed by atoms with Crippen molar-refractivity contribution in [3.05, 3.63) is 35.1 Å². The van der Waals surface area contributed by atoms with Crippen LogP contribution in [0, 0.1) is 5.82 Å². The van der Waals surface area contributed by atoms with E-state index in [1.54, 1.807) is 13.2 Å². The van der Waals surface area contributed by atoms with Gasteiger partial charge < -0.3 is 19.5 Å². The highest BCUT2D eigenvalue weighted by Crippen LogP contribution is 2.11. The highest BCUT2D eigenvalue weighted by Gasteiger charge is 2.03. The van der Waals surface area contributed by atoms with Gasteiger partial charge in [-0.3, -0.25) is 0 Å². The van der Waals surface area contributed by atoms with Crippen LogP contribution in [0.15, 0.2) is 18.2 Å². The van der Waals surface area contributed by atoms with E-state index in [4.69, 9.17) is 14.2 Å². The molecular weight excluding hydrogens is 261 g/mol. The van der Waals surface area contributed by atoms with Crippen molar-refractivity contribution in [2.24, 2.45) is 0 Å². The molecule has 0 atom stereocenters. The Morgan fingerprint density at radius 1 is 1.10 bits per heavy atom. The third-order valence-corrected chi connectivity index (χ3v) is 2.76. The summed E-state index contributed by atoms with van der Waals surface area (Å²) in [5.41, 5.74) is 1.63. The first-order valence-corrected chi connectivity index (χ1v) is 6.84. The van der Waals surface area contributed by atoms with Gasteiger partial charge in [0.1, 0.15) is 5.82 Å². The second kappa shape index (κ2) is 10.7. The second-order valence-corrected chi connectivity index (χ2v) is 4.47. The zero-order chi connectivity index (χ0) is 14.6. The molecule has 0 aliphatic carbocycles. The lowest BCUT2D eigenvalue weighted by molar-refractivity contribution is 0.0329. The third kappa shape index (κ3) is 6.96. The number of rotatable bonds is 11. The van der Waals surface area contributed by atoms with E-state index in [1.165, 1.54) is 6.07 Å². The molecule has 1 rings (SSSR count). The Morgan fingerprint density at radius 3 is 2.65 bits per heavy atom. The summed E-state index contributed by atoms with van der Waals surface area (Å²) in [6, 6.07) is 5.08. The van der Waals surface area contributed by atoms with Crippen LogP contribution in [0.4, 0.5) is 4.39 Å². The number of halogens is 1. The molecule has 0 amide bonds. The molecule has 0 aliphatic rings. The molecule has 0 spiro atoms. The van der Waals surface area contributed by atoms with Crippen molar-refractivity contribution in [3.8, 4) is 0 Å². The first kappa shape index (κ1) is 17.0. The minimum absolute atomic E-state index is 0.231. The Balaban J connectivity index is 2.19. The average Bonchev–Trinajstić information content (AvgIpc) is 2.45. The minimum Gasteiger partial charge on any atom is -0.385 e. The highest BCUT2D eigenvalue weighted by molar-refractivity contribution is 5.24. The first-order valence-electron chi connectivity index (χ1n) is 6.84. The number of ether oxygens (including phenoxy) is 3. The van der Waals surface area contributed by atoms with E-state index in [0.717, 1.165) is 18.5 Å². The number of methoxy groups -OCH3 is 1. The molecule has 0 fully saturated rings. The first-order chi connectivity index (χ1) is 9.77. The van der Waals surface area contributed by atoms with Crippen LogP contribution in [0.2, 0.25) is 0 Å². The summed E-state index contributed by atoms with van der Waals surface area (Å²) in [4.78, 5) is 0. The molecule has 0 saturated heterocycles. The zero-order valence-corrected chi connectivity index (χ0v) is 12.3. The van der Waals surface area contributed by atoms with Gasteiger partial charge in [-0.2, -0.15) is 0 Å². The largest absolute Gasteiger partial charge is 0.385 e. The van der Waals surface area contributed by atoms with E-state index < -0.39 is 0 Å².